The largest absolute Gasteiger partial charge is 0.476 e. The molecule has 0 N–H and O–H groups in total. The zero-order valence-electron chi connectivity index (χ0n) is 15.3. The second kappa shape index (κ2) is 7.09. The Kier molecular flexibility index (Phi) is 4.31. The molecule has 4 heterocycles. The molecule has 8 heteroatoms. The van der Waals surface area contributed by atoms with Gasteiger partial charge in [0.1, 0.15) is 12.1 Å². The number of fused-ring (bicyclic) bond motifs is 2. The maximum atomic E-state index is 5.97. The van der Waals surface area contributed by atoms with Crippen LogP contribution in [0.2, 0.25) is 0 Å². The van der Waals surface area contributed by atoms with E-state index in [1.54, 1.807) is 10.8 Å². The van der Waals surface area contributed by atoms with Crippen LogP contribution in [0.25, 0.3) is 5.65 Å². The summed E-state index contributed by atoms with van der Waals surface area (Å²) in [4.78, 5) is 2.31. The smallest absolute Gasteiger partial charge is 0.233 e. The summed E-state index contributed by atoms with van der Waals surface area (Å²) in [7, 11) is 0. The van der Waals surface area contributed by atoms with Crippen LogP contribution in [-0.4, -0.2) is 49.7 Å². The zero-order chi connectivity index (χ0) is 18.1. The van der Waals surface area contributed by atoms with Crippen LogP contribution in [0.1, 0.15) is 36.9 Å². The third-order valence-electron chi connectivity index (χ3n) is 5.60. The van der Waals surface area contributed by atoms with Gasteiger partial charge in [-0.15, -0.1) is 20.4 Å². The van der Waals surface area contributed by atoms with Gasteiger partial charge in [0.25, 0.3) is 0 Å². The van der Waals surface area contributed by atoms with E-state index in [1.165, 1.54) is 18.4 Å². The number of hydrogen-bond acceptors (Lipinski definition) is 7. The molecule has 27 heavy (non-hydrogen) atoms. The van der Waals surface area contributed by atoms with E-state index < -0.39 is 0 Å². The van der Waals surface area contributed by atoms with Crippen molar-refractivity contribution in [1.82, 2.24) is 30.0 Å². The molecule has 0 amide bonds. The molecule has 0 bridgehead atoms. The molecular weight excluding hydrogens is 342 g/mol. The van der Waals surface area contributed by atoms with E-state index in [0.29, 0.717) is 18.4 Å². The van der Waals surface area contributed by atoms with E-state index >= 15 is 0 Å². The van der Waals surface area contributed by atoms with Crippen molar-refractivity contribution in [2.45, 2.75) is 38.5 Å². The topological polar surface area (TPSA) is 81.3 Å². The molecule has 0 radical (unpaired) electrons. The fourth-order valence-electron chi connectivity index (χ4n) is 3.96. The lowest BCUT2D eigenvalue weighted by atomic mass is 9.97. The van der Waals surface area contributed by atoms with E-state index in [-0.39, 0.29) is 0 Å². The van der Waals surface area contributed by atoms with E-state index in [2.05, 4.69) is 36.5 Å². The number of nitrogens with zero attached hydrogens (tertiary/aromatic N) is 7. The quantitative estimate of drug-likeness (QED) is 0.700. The zero-order valence-corrected chi connectivity index (χ0v) is 15.3. The molecule has 8 nitrogen and oxygen atoms in total. The fourth-order valence-corrected chi connectivity index (χ4v) is 3.96. The Balaban J connectivity index is 1.16. The molecule has 0 unspecified atom stereocenters. The number of piperidine rings is 1. The molecule has 0 atom stereocenters. The first-order chi connectivity index (χ1) is 13.3. The summed E-state index contributed by atoms with van der Waals surface area (Å²) in [5.74, 6) is 2.19. The Morgan fingerprint density at radius 2 is 1.93 bits per heavy atom. The second-order valence-corrected chi connectivity index (χ2v) is 7.43. The average molecular weight is 365 g/mol. The second-order valence-electron chi connectivity index (χ2n) is 7.43. The number of anilines is 1. The Morgan fingerprint density at radius 1 is 1.04 bits per heavy atom. The molecule has 1 fully saturated rings. The SMILES string of the molecule is c1cc2nncn2nc1N1CCC(COc2cc3c(nn2)CCCC3)CC1. The Bertz CT molecular complexity index is 933. The minimum absolute atomic E-state index is 0.540. The van der Waals surface area contributed by atoms with Crippen LogP contribution in [0.3, 0.4) is 0 Å². The molecule has 2 aliphatic rings. The van der Waals surface area contributed by atoms with Gasteiger partial charge in [0.2, 0.25) is 5.88 Å². The fraction of sp³-hybridized carbons (Fsp3) is 0.526. The van der Waals surface area contributed by atoms with Gasteiger partial charge >= 0.3 is 0 Å². The normalized spacial score (nSPS) is 17.9. The van der Waals surface area contributed by atoms with Crippen LogP contribution >= 0.6 is 0 Å². The Labute approximate surface area is 157 Å². The van der Waals surface area contributed by atoms with Gasteiger partial charge in [0.15, 0.2) is 5.65 Å². The highest BCUT2D eigenvalue weighted by Crippen LogP contribution is 2.24. The molecular formula is C19H23N7O. The summed E-state index contributed by atoms with van der Waals surface area (Å²) in [5.41, 5.74) is 3.24. The van der Waals surface area contributed by atoms with Gasteiger partial charge in [-0.05, 0) is 62.1 Å². The van der Waals surface area contributed by atoms with Crippen molar-refractivity contribution in [3.05, 3.63) is 35.8 Å². The Hall–Kier alpha value is -2.77. The van der Waals surface area contributed by atoms with E-state index in [9.17, 15) is 0 Å². The van der Waals surface area contributed by atoms with Crippen LogP contribution < -0.4 is 9.64 Å². The Morgan fingerprint density at radius 3 is 2.85 bits per heavy atom. The molecule has 1 aliphatic carbocycles. The summed E-state index contributed by atoms with van der Waals surface area (Å²) < 4.78 is 7.69. The minimum Gasteiger partial charge on any atom is -0.476 e. The van der Waals surface area contributed by atoms with Gasteiger partial charge in [-0.2, -0.15) is 9.61 Å². The number of ether oxygens (including phenoxy) is 1. The summed E-state index contributed by atoms with van der Waals surface area (Å²) in [6.07, 6.45) is 8.42. The lowest BCUT2D eigenvalue weighted by Gasteiger charge is -2.32. The first kappa shape index (κ1) is 16.4. The van der Waals surface area contributed by atoms with Crippen LogP contribution in [0.4, 0.5) is 5.82 Å². The first-order valence-corrected chi connectivity index (χ1v) is 9.75. The molecule has 1 aliphatic heterocycles. The van der Waals surface area contributed by atoms with Crippen molar-refractivity contribution in [3.8, 4) is 5.88 Å². The standard InChI is InChI=1S/C19H23N7O/c1-2-4-16-15(3-1)11-19(23-21-16)27-12-14-7-9-25(10-8-14)18-6-5-17-22-20-13-26(17)24-18/h5-6,11,13-14H,1-4,7-10,12H2. The third kappa shape index (κ3) is 3.43. The van der Waals surface area contributed by atoms with Gasteiger partial charge in [-0.3, -0.25) is 0 Å². The van der Waals surface area contributed by atoms with Crippen LogP contribution in [0.15, 0.2) is 24.5 Å². The van der Waals surface area contributed by atoms with Gasteiger partial charge in [0, 0.05) is 19.2 Å². The van der Waals surface area contributed by atoms with Crippen molar-refractivity contribution in [1.29, 1.82) is 0 Å². The monoisotopic (exact) mass is 365 g/mol. The molecule has 5 rings (SSSR count). The lowest BCUT2D eigenvalue weighted by Crippen LogP contribution is -2.36. The predicted molar refractivity (Wildman–Crippen MR) is 99.9 cm³/mol. The lowest BCUT2D eigenvalue weighted by molar-refractivity contribution is 0.213. The highest BCUT2D eigenvalue weighted by Gasteiger charge is 2.22. The van der Waals surface area contributed by atoms with E-state index in [1.807, 2.05) is 12.1 Å². The molecule has 3 aromatic rings. The summed E-state index contributed by atoms with van der Waals surface area (Å²) in [5, 5.41) is 21.1. The highest BCUT2D eigenvalue weighted by molar-refractivity contribution is 5.45. The summed E-state index contributed by atoms with van der Waals surface area (Å²) >= 11 is 0. The highest BCUT2D eigenvalue weighted by atomic mass is 16.5. The predicted octanol–water partition coefficient (Wildman–Crippen LogP) is 2.09. The van der Waals surface area contributed by atoms with E-state index in [0.717, 1.165) is 55.9 Å². The van der Waals surface area contributed by atoms with Gasteiger partial charge in [-0.25, -0.2) is 0 Å². The van der Waals surface area contributed by atoms with Crippen LogP contribution in [-0.2, 0) is 12.8 Å². The van der Waals surface area contributed by atoms with Crippen molar-refractivity contribution >= 4 is 11.5 Å². The van der Waals surface area contributed by atoms with Crippen molar-refractivity contribution in [3.63, 3.8) is 0 Å². The number of aryl methyl sites for hydroxylation is 2. The number of hydrogen-bond donors (Lipinski definition) is 0. The molecule has 0 aromatic carbocycles. The molecule has 140 valence electrons. The van der Waals surface area contributed by atoms with Crippen molar-refractivity contribution in [2.75, 3.05) is 24.6 Å². The van der Waals surface area contributed by atoms with Crippen LogP contribution in [0, 0.1) is 5.92 Å². The van der Waals surface area contributed by atoms with Gasteiger partial charge in [-0.1, -0.05) is 0 Å². The summed E-state index contributed by atoms with van der Waals surface area (Å²) in [6, 6.07) is 6.07. The third-order valence-corrected chi connectivity index (χ3v) is 5.60. The first-order valence-electron chi connectivity index (χ1n) is 9.75. The minimum atomic E-state index is 0.540. The molecule has 0 spiro atoms. The van der Waals surface area contributed by atoms with E-state index in [4.69, 9.17) is 4.74 Å². The van der Waals surface area contributed by atoms with Crippen molar-refractivity contribution < 1.29 is 4.74 Å². The van der Waals surface area contributed by atoms with Crippen molar-refractivity contribution in [2.24, 2.45) is 5.92 Å². The van der Waals surface area contributed by atoms with Gasteiger partial charge < -0.3 is 9.64 Å². The van der Waals surface area contributed by atoms with Gasteiger partial charge in [0.05, 0.1) is 12.3 Å². The number of aromatic nitrogens is 6. The average Bonchev–Trinajstić information content (AvgIpc) is 3.20. The molecule has 0 saturated carbocycles. The maximum Gasteiger partial charge on any atom is 0.233 e. The molecule has 3 aromatic heterocycles. The summed E-state index contributed by atoms with van der Waals surface area (Å²) in [6.45, 7) is 2.66. The maximum absolute atomic E-state index is 5.97. The molecule has 1 saturated heterocycles. The van der Waals surface area contributed by atoms with Crippen LogP contribution in [0.5, 0.6) is 5.88 Å². The number of rotatable bonds is 4.